The maximum Gasteiger partial charge on any atom is 0.253 e. The lowest BCUT2D eigenvalue weighted by atomic mass is 10.2. The third-order valence-electron chi connectivity index (χ3n) is 2.35. The lowest BCUT2D eigenvalue weighted by Gasteiger charge is -2.05. The van der Waals surface area contributed by atoms with Crippen LogP contribution in [-0.2, 0) is 0 Å². The Kier molecular flexibility index (Phi) is 3.55. The molecule has 1 aromatic heterocycles. The zero-order chi connectivity index (χ0) is 12.1. The molecule has 0 amide bonds. The highest BCUT2D eigenvalue weighted by Gasteiger charge is 2.02. The highest BCUT2D eigenvalue weighted by atomic mass is 16.1. The molecule has 2 rings (SSSR count). The number of rotatable bonds is 4. The normalized spacial score (nSPS) is 10.2. The van der Waals surface area contributed by atoms with Gasteiger partial charge < -0.3 is 10.3 Å². The van der Waals surface area contributed by atoms with E-state index < -0.39 is 0 Å². The molecule has 0 saturated carbocycles. The van der Waals surface area contributed by atoms with E-state index in [-0.39, 0.29) is 5.56 Å². The molecule has 0 fully saturated rings. The first kappa shape index (κ1) is 11.4. The number of hydrogen-bond acceptors (Lipinski definition) is 3. The Hall–Kier alpha value is -2.10. The predicted molar refractivity (Wildman–Crippen MR) is 69.1 cm³/mol. The Morgan fingerprint density at radius 3 is 2.76 bits per heavy atom. The first-order valence-electron chi connectivity index (χ1n) is 5.70. The van der Waals surface area contributed by atoms with Crippen LogP contribution < -0.4 is 10.9 Å². The zero-order valence-electron chi connectivity index (χ0n) is 9.73. The van der Waals surface area contributed by atoms with Crippen LogP contribution in [0.3, 0.4) is 0 Å². The van der Waals surface area contributed by atoms with Crippen molar-refractivity contribution in [3.05, 3.63) is 46.8 Å². The van der Waals surface area contributed by atoms with Crippen molar-refractivity contribution in [3.8, 4) is 11.4 Å². The standard InChI is InChI=1S/C13H15N3O/c1-2-8-14-11-9-12(17)16-13(15-11)10-6-4-3-5-7-10/h3-7,9H,2,8H2,1H3,(H2,14,15,16,17). The van der Waals surface area contributed by atoms with Gasteiger partial charge in [-0.15, -0.1) is 0 Å². The van der Waals surface area contributed by atoms with Crippen molar-refractivity contribution in [2.75, 3.05) is 11.9 Å². The Labute approximate surface area is 99.7 Å². The first-order chi connectivity index (χ1) is 8.29. The van der Waals surface area contributed by atoms with Crippen LogP contribution in [0.1, 0.15) is 13.3 Å². The van der Waals surface area contributed by atoms with Gasteiger partial charge in [-0.3, -0.25) is 4.79 Å². The van der Waals surface area contributed by atoms with Gasteiger partial charge in [-0.2, -0.15) is 0 Å². The number of H-pyrrole nitrogens is 1. The van der Waals surface area contributed by atoms with Crippen LogP contribution in [0.25, 0.3) is 11.4 Å². The Bertz CT molecular complexity index is 534. The summed E-state index contributed by atoms with van der Waals surface area (Å²) < 4.78 is 0. The number of aromatic amines is 1. The molecule has 1 aromatic carbocycles. The predicted octanol–water partition coefficient (Wildman–Crippen LogP) is 2.26. The number of anilines is 1. The highest BCUT2D eigenvalue weighted by molar-refractivity contribution is 5.56. The van der Waals surface area contributed by atoms with Crippen molar-refractivity contribution < 1.29 is 0 Å². The lowest BCUT2D eigenvalue weighted by Crippen LogP contribution is -2.12. The molecule has 1 heterocycles. The summed E-state index contributed by atoms with van der Waals surface area (Å²) in [5, 5.41) is 3.11. The van der Waals surface area contributed by atoms with Gasteiger partial charge in [0.15, 0.2) is 0 Å². The Balaban J connectivity index is 2.35. The van der Waals surface area contributed by atoms with E-state index in [4.69, 9.17) is 0 Å². The molecule has 17 heavy (non-hydrogen) atoms. The number of hydrogen-bond donors (Lipinski definition) is 2. The van der Waals surface area contributed by atoms with Gasteiger partial charge in [0.05, 0.1) is 0 Å². The van der Waals surface area contributed by atoms with E-state index in [0.717, 1.165) is 18.5 Å². The zero-order valence-corrected chi connectivity index (χ0v) is 9.73. The highest BCUT2D eigenvalue weighted by Crippen LogP contribution is 2.13. The third-order valence-corrected chi connectivity index (χ3v) is 2.35. The summed E-state index contributed by atoms with van der Waals surface area (Å²) in [7, 11) is 0. The van der Waals surface area contributed by atoms with Crippen molar-refractivity contribution in [1.29, 1.82) is 0 Å². The molecule has 0 aliphatic carbocycles. The van der Waals surface area contributed by atoms with E-state index in [0.29, 0.717) is 11.6 Å². The fourth-order valence-electron chi connectivity index (χ4n) is 1.53. The van der Waals surface area contributed by atoms with Crippen LogP contribution in [0.5, 0.6) is 0 Å². The molecule has 88 valence electrons. The molecule has 0 radical (unpaired) electrons. The van der Waals surface area contributed by atoms with Gasteiger partial charge in [-0.1, -0.05) is 37.3 Å². The molecule has 4 nitrogen and oxygen atoms in total. The average molecular weight is 229 g/mol. The molecule has 0 aliphatic rings. The van der Waals surface area contributed by atoms with E-state index in [2.05, 4.69) is 22.2 Å². The van der Waals surface area contributed by atoms with Crippen LogP contribution in [0.15, 0.2) is 41.2 Å². The van der Waals surface area contributed by atoms with E-state index in [1.54, 1.807) is 0 Å². The van der Waals surface area contributed by atoms with Gasteiger partial charge in [0.1, 0.15) is 11.6 Å². The maximum atomic E-state index is 11.5. The minimum absolute atomic E-state index is 0.141. The molecule has 2 aromatic rings. The molecule has 0 saturated heterocycles. The average Bonchev–Trinajstić information content (AvgIpc) is 2.37. The van der Waals surface area contributed by atoms with Gasteiger partial charge in [0.25, 0.3) is 5.56 Å². The monoisotopic (exact) mass is 229 g/mol. The first-order valence-corrected chi connectivity index (χ1v) is 5.70. The number of nitrogens with zero attached hydrogens (tertiary/aromatic N) is 1. The van der Waals surface area contributed by atoms with Crippen LogP contribution >= 0.6 is 0 Å². The second-order valence-corrected chi connectivity index (χ2v) is 3.77. The topological polar surface area (TPSA) is 57.8 Å². The minimum atomic E-state index is -0.141. The number of nitrogens with one attached hydrogen (secondary N) is 2. The summed E-state index contributed by atoms with van der Waals surface area (Å²) in [4.78, 5) is 18.6. The van der Waals surface area contributed by atoms with Crippen LogP contribution in [0, 0.1) is 0 Å². The lowest BCUT2D eigenvalue weighted by molar-refractivity contribution is 0.963. The number of aromatic nitrogens is 2. The molecular weight excluding hydrogens is 214 g/mol. The summed E-state index contributed by atoms with van der Waals surface area (Å²) in [5.74, 6) is 1.21. The summed E-state index contributed by atoms with van der Waals surface area (Å²) >= 11 is 0. The van der Waals surface area contributed by atoms with Gasteiger partial charge in [0, 0.05) is 18.2 Å². The van der Waals surface area contributed by atoms with Crippen molar-refractivity contribution in [2.45, 2.75) is 13.3 Å². The van der Waals surface area contributed by atoms with Gasteiger partial charge in [-0.25, -0.2) is 4.98 Å². The van der Waals surface area contributed by atoms with Crippen molar-refractivity contribution >= 4 is 5.82 Å². The molecule has 4 heteroatoms. The minimum Gasteiger partial charge on any atom is -0.370 e. The fourth-order valence-corrected chi connectivity index (χ4v) is 1.53. The molecule has 0 aliphatic heterocycles. The molecule has 2 N–H and O–H groups in total. The van der Waals surface area contributed by atoms with E-state index in [9.17, 15) is 4.79 Å². The van der Waals surface area contributed by atoms with E-state index >= 15 is 0 Å². The van der Waals surface area contributed by atoms with Crippen molar-refractivity contribution in [2.24, 2.45) is 0 Å². The summed E-state index contributed by atoms with van der Waals surface area (Å²) in [5.41, 5.74) is 0.766. The van der Waals surface area contributed by atoms with Crippen LogP contribution in [0.4, 0.5) is 5.82 Å². The third kappa shape index (κ3) is 2.93. The van der Waals surface area contributed by atoms with Gasteiger partial charge in [0.2, 0.25) is 0 Å². The van der Waals surface area contributed by atoms with Crippen molar-refractivity contribution in [1.82, 2.24) is 9.97 Å². The second kappa shape index (κ2) is 5.30. The Morgan fingerprint density at radius 2 is 2.06 bits per heavy atom. The van der Waals surface area contributed by atoms with E-state index in [1.165, 1.54) is 6.07 Å². The molecule has 0 bridgehead atoms. The fraction of sp³-hybridized carbons (Fsp3) is 0.231. The summed E-state index contributed by atoms with van der Waals surface area (Å²) in [6.45, 7) is 2.88. The van der Waals surface area contributed by atoms with E-state index in [1.807, 2.05) is 30.3 Å². The summed E-state index contributed by atoms with van der Waals surface area (Å²) in [6, 6.07) is 11.1. The molecular formula is C13H15N3O. The largest absolute Gasteiger partial charge is 0.370 e. The maximum absolute atomic E-state index is 11.5. The smallest absolute Gasteiger partial charge is 0.253 e. The number of benzene rings is 1. The quantitative estimate of drug-likeness (QED) is 0.845. The molecule has 0 unspecified atom stereocenters. The van der Waals surface area contributed by atoms with Crippen molar-refractivity contribution in [3.63, 3.8) is 0 Å². The molecule has 0 spiro atoms. The Morgan fingerprint density at radius 1 is 1.29 bits per heavy atom. The van der Waals surface area contributed by atoms with Gasteiger partial charge in [-0.05, 0) is 6.42 Å². The molecule has 0 atom stereocenters. The van der Waals surface area contributed by atoms with Gasteiger partial charge >= 0.3 is 0 Å². The SMILES string of the molecule is CCCNc1cc(=O)[nH]c(-c2ccccc2)n1. The second-order valence-electron chi connectivity index (χ2n) is 3.77. The van der Waals surface area contributed by atoms with Crippen LogP contribution in [-0.4, -0.2) is 16.5 Å². The summed E-state index contributed by atoms with van der Waals surface area (Å²) in [6.07, 6.45) is 0.995. The van der Waals surface area contributed by atoms with Crippen LogP contribution in [0.2, 0.25) is 0 Å².